The number of fused-ring (bicyclic) bond motifs is 9. The Morgan fingerprint density at radius 3 is 1.41 bits per heavy atom. The lowest BCUT2D eigenvalue weighted by molar-refractivity contribution is 0.669. The van der Waals surface area contributed by atoms with Gasteiger partial charge in [0.1, 0.15) is 11.2 Å². The van der Waals surface area contributed by atoms with Crippen LogP contribution in [0.4, 0.5) is 0 Å². The second-order valence-electron chi connectivity index (χ2n) is 16.8. The molecule has 0 fully saturated rings. The summed E-state index contributed by atoms with van der Waals surface area (Å²) in [6, 6.07) is 89.1. The second-order valence-corrected chi connectivity index (χ2v) is 20.6. The quantitative estimate of drug-likeness (QED) is 0.116. The van der Waals surface area contributed by atoms with Crippen molar-refractivity contribution in [2.24, 2.45) is 0 Å². The summed E-state index contributed by atoms with van der Waals surface area (Å²) in [6.07, 6.45) is 0. The maximum absolute atomic E-state index is 6.37. The van der Waals surface area contributed by atoms with E-state index in [2.05, 4.69) is 246 Å². The van der Waals surface area contributed by atoms with Crippen molar-refractivity contribution in [2.75, 3.05) is 0 Å². The van der Waals surface area contributed by atoms with Crippen molar-refractivity contribution in [3.63, 3.8) is 0 Å². The van der Waals surface area contributed by atoms with Gasteiger partial charge in [-0.05, 0) is 92.5 Å². The molecular weight excluding hydrogens is 793 g/mol. The first-order valence-corrected chi connectivity index (χ1v) is 24.0. The van der Waals surface area contributed by atoms with Gasteiger partial charge >= 0.3 is 0 Å². The number of furan rings is 1. The lowest BCUT2D eigenvalue weighted by Crippen LogP contribution is -2.74. The fourth-order valence-electron chi connectivity index (χ4n) is 10.8. The van der Waals surface area contributed by atoms with Gasteiger partial charge in [-0.25, -0.2) is 0 Å². The standard InChI is InChI=1S/C60H40N2OSi/c1-4-18-43(19-5-1)64(44-20-6-2-7-21-44,45-22-8-3-9-23-45)46-37-34-41(35-38-46)61-53-29-13-10-24-47(53)52-40-42(36-39-55(52)61)62-54-30-14-11-25-50(54)59-48(27-16-31-56(59)62)49-28-17-33-58-60(49)51-26-12-15-32-57(51)63-58/h1-40H. The highest BCUT2D eigenvalue weighted by atomic mass is 28.3. The van der Waals surface area contributed by atoms with Gasteiger partial charge < -0.3 is 13.6 Å². The zero-order chi connectivity index (χ0) is 42.2. The van der Waals surface area contributed by atoms with Crippen LogP contribution in [-0.2, 0) is 0 Å². The van der Waals surface area contributed by atoms with Gasteiger partial charge in [-0.3, -0.25) is 0 Å². The highest BCUT2D eigenvalue weighted by molar-refractivity contribution is 7.19. The third kappa shape index (κ3) is 5.33. The highest BCUT2D eigenvalue weighted by Crippen LogP contribution is 2.44. The van der Waals surface area contributed by atoms with Crippen LogP contribution in [0.1, 0.15) is 0 Å². The van der Waals surface area contributed by atoms with Gasteiger partial charge in [-0.1, -0.05) is 182 Å². The molecule has 0 N–H and O–H groups in total. The summed E-state index contributed by atoms with van der Waals surface area (Å²) < 4.78 is 11.3. The summed E-state index contributed by atoms with van der Waals surface area (Å²) in [5.41, 5.74) is 11.2. The Bertz CT molecular complexity index is 3790. The van der Waals surface area contributed by atoms with E-state index in [0.717, 1.165) is 33.3 Å². The van der Waals surface area contributed by atoms with Crippen LogP contribution in [0.2, 0.25) is 0 Å². The number of rotatable bonds is 7. The minimum Gasteiger partial charge on any atom is -0.456 e. The lowest BCUT2D eigenvalue weighted by atomic mass is 9.95. The SMILES string of the molecule is c1ccc([Si](c2ccccc2)(c2ccccc2)c2ccc(-n3c4ccccc4c4cc(-n5c6ccccc6c6c(-c7cccc8oc9ccccc9c78)cccc65)ccc43)cc2)cc1. The van der Waals surface area contributed by atoms with Crippen LogP contribution >= 0.6 is 0 Å². The third-order valence-electron chi connectivity index (χ3n) is 13.5. The highest BCUT2D eigenvalue weighted by Gasteiger charge is 2.41. The van der Waals surface area contributed by atoms with E-state index < -0.39 is 8.07 Å². The van der Waals surface area contributed by atoms with E-state index >= 15 is 0 Å². The minimum absolute atomic E-state index is 0.904. The predicted molar refractivity (Wildman–Crippen MR) is 271 cm³/mol. The molecule has 0 amide bonds. The van der Waals surface area contributed by atoms with Crippen LogP contribution in [0, 0.1) is 0 Å². The second kappa shape index (κ2) is 14.5. The number of aromatic nitrogens is 2. The Morgan fingerprint density at radius 1 is 0.281 bits per heavy atom. The summed E-state index contributed by atoms with van der Waals surface area (Å²) >= 11 is 0. The molecule has 0 spiro atoms. The fourth-order valence-corrected chi connectivity index (χ4v) is 15.6. The van der Waals surface area contributed by atoms with Gasteiger partial charge in [-0.15, -0.1) is 0 Å². The van der Waals surface area contributed by atoms with Crippen LogP contribution in [0.3, 0.4) is 0 Å². The van der Waals surface area contributed by atoms with Crippen LogP contribution in [0.5, 0.6) is 0 Å². The number of hydrogen-bond acceptors (Lipinski definition) is 1. The minimum atomic E-state index is -2.66. The normalized spacial score (nSPS) is 12.1. The lowest BCUT2D eigenvalue weighted by Gasteiger charge is -2.34. The molecule has 3 aromatic heterocycles. The fraction of sp³-hybridized carbons (Fsp3) is 0. The van der Waals surface area contributed by atoms with E-state index in [4.69, 9.17) is 4.42 Å². The summed E-state index contributed by atoms with van der Waals surface area (Å²) in [5, 5.41) is 12.7. The van der Waals surface area contributed by atoms with Crippen molar-refractivity contribution in [1.29, 1.82) is 0 Å². The summed E-state index contributed by atoms with van der Waals surface area (Å²) in [5.74, 6) is 0. The zero-order valence-corrected chi connectivity index (χ0v) is 35.9. The van der Waals surface area contributed by atoms with E-state index in [-0.39, 0.29) is 0 Å². The summed E-state index contributed by atoms with van der Waals surface area (Å²) in [6.45, 7) is 0. The van der Waals surface area contributed by atoms with E-state index in [1.807, 2.05) is 6.07 Å². The molecule has 0 aliphatic carbocycles. The first kappa shape index (κ1) is 36.5. The van der Waals surface area contributed by atoms with Gasteiger partial charge in [0.05, 0.1) is 22.1 Å². The van der Waals surface area contributed by atoms with E-state index in [9.17, 15) is 0 Å². The smallest absolute Gasteiger partial charge is 0.179 e. The van der Waals surface area contributed by atoms with Crippen molar-refractivity contribution in [1.82, 2.24) is 9.13 Å². The number of hydrogen-bond donors (Lipinski definition) is 0. The Kier molecular flexibility index (Phi) is 8.23. The summed E-state index contributed by atoms with van der Waals surface area (Å²) in [7, 11) is -2.66. The average Bonchev–Trinajstić information content (AvgIpc) is 4.03. The Labute approximate surface area is 371 Å². The molecule has 0 saturated heterocycles. The molecule has 13 rings (SSSR count). The summed E-state index contributed by atoms with van der Waals surface area (Å²) in [4.78, 5) is 0. The number of para-hydroxylation sites is 3. The number of nitrogens with zero attached hydrogens (tertiary/aromatic N) is 2. The van der Waals surface area contributed by atoms with Crippen LogP contribution in [0.25, 0.3) is 88.1 Å². The molecule has 0 aliphatic heterocycles. The van der Waals surface area contributed by atoms with Crippen molar-refractivity contribution in [2.45, 2.75) is 0 Å². The third-order valence-corrected chi connectivity index (χ3v) is 18.3. The van der Waals surface area contributed by atoms with Gasteiger partial charge in [0.25, 0.3) is 0 Å². The van der Waals surface area contributed by atoms with E-state index in [0.29, 0.717) is 0 Å². The monoisotopic (exact) mass is 832 g/mol. The molecule has 3 heterocycles. The van der Waals surface area contributed by atoms with Gasteiger partial charge in [0.2, 0.25) is 0 Å². The molecule has 0 saturated carbocycles. The molecule has 64 heavy (non-hydrogen) atoms. The first-order valence-electron chi connectivity index (χ1n) is 22.0. The van der Waals surface area contributed by atoms with Crippen molar-refractivity contribution in [3.05, 3.63) is 243 Å². The maximum Gasteiger partial charge on any atom is 0.179 e. The number of benzene rings is 10. The largest absolute Gasteiger partial charge is 0.456 e. The van der Waals surface area contributed by atoms with Gasteiger partial charge in [-0.2, -0.15) is 0 Å². The first-order chi connectivity index (χ1) is 31.8. The molecule has 300 valence electrons. The molecule has 4 heteroatoms. The molecular formula is C60H40N2OSi. The molecule has 0 bridgehead atoms. The Balaban J connectivity index is 0.994. The maximum atomic E-state index is 6.37. The molecule has 0 unspecified atom stereocenters. The van der Waals surface area contributed by atoms with Gasteiger partial charge in [0, 0.05) is 43.7 Å². The van der Waals surface area contributed by atoms with Crippen molar-refractivity contribution >= 4 is 94.4 Å². The predicted octanol–water partition coefficient (Wildman–Crippen LogP) is 12.8. The Morgan fingerprint density at radius 2 is 0.734 bits per heavy atom. The van der Waals surface area contributed by atoms with E-state index in [1.54, 1.807) is 0 Å². The molecule has 10 aromatic carbocycles. The van der Waals surface area contributed by atoms with Crippen molar-refractivity contribution < 1.29 is 4.42 Å². The molecule has 3 nitrogen and oxygen atoms in total. The van der Waals surface area contributed by atoms with Gasteiger partial charge in [0.15, 0.2) is 8.07 Å². The average molecular weight is 833 g/mol. The molecule has 0 radical (unpaired) electrons. The molecule has 13 aromatic rings. The van der Waals surface area contributed by atoms with E-state index in [1.165, 1.54) is 75.5 Å². The molecule has 0 aliphatic rings. The van der Waals surface area contributed by atoms with Crippen molar-refractivity contribution in [3.8, 4) is 22.5 Å². The zero-order valence-electron chi connectivity index (χ0n) is 34.9. The molecule has 0 atom stereocenters. The van der Waals surface area contributed by atoms with Crippen LogP contribution in [0.15, 0.2) is 247 Å². The van der Waals surface area contributed by atoms with Crippen LogP contribution in [-0.4, -0.2) is 17.2 Å². The Hall–Kier alpha value is -8.18. The topological polar surface area (TPSA) is 23.0 Å². The van der Waals surface area contributed by atoms with Crippen LogP contribution < -0.4 is 20.7 Å².